The molecule has 6 nitrogen and oxygen atoms in total. The molecule has 0 amide bonds. The molecule has 0 spiro atoms. The Morgan fingerprint density at radius 3 is 1.88 bits per heavy atom. The molecule has 0 saturated heterocycles. The molecule has 0 aromatic heterocycles. The Morgan fingerprint density at radius 1 is 0.920 bits per heavy atom. The molecule has 1 heterocycles. The van der Waals surface area contributed by atoms with Crippen molar-refractivity contribution in [1.29, 1.82) is 0 Å². The highest BCUT2D eigenvalue weighted by Gasteiger charge is 2.56. The van der Waals surface area contributed by atoms with Gasteiger partial charge in [0.15, 0.2) is 5.78 Å². The number of Topliss-reactive ketones (excluding diaryl/α,β-unsaturated/α-hetero) is 1. The summed E-state index contributed by atoms with van der Waals surface area (Å²) in [4.78, 5) is 13.3. The number of ether oxygens (including phenoxy) is 1. The summed E-state index contributed by atoms with van der Waals surface area (Å²) in [6.45, 7) is 3.43. The van der Waals surface area contributed by atoms with Gasteiger partial charge in [0.05, 0.1) is 22.5 Å². The zero-order valence-electron chi connectivity index (χ0n) is 14.9. The average Bonchev–Trinajstić information content (AvgIpc) is 2.44. The zero-order valence-corrected chi connectivity index (χ0v) is 16.5. The topological polar surface area (TPSA) is 94.6 Å². The second-order valence-corrected chi connectivity index (χ2v) is 11.8. The fraction of sp³-hybridized carbons (Fsp3) is 0.588. The van der Waals surface area contributed by atoms with Crippen molar-refractivity contribution >= 4 is 25.5 Å². The van der Waals surface area contributed by atoms with Crippen LogP contribution in [0.5, 0.6) is 5.75 Å². The van der Waals surface area contributed by atoms with E-state index in [0.29, 0.717) is 11.3 Å². The number of carbonyl (C=O) groups excluding carboxylic acids is 1. The molecule has 0 bridgehead atoms. The quantitative estimate of drug-likeness (QED) is 0.739. The molecule has 0 fully saturated rings. The number of para-hydroxylation sites is 1. The van der Waals surface area contributed by atoms with Crippen LogP contribution in [0.4, 0.5) is 0 Å². The van der Waals surface area contributed by atoms with Crippen LogP contribution in [0.2, 0.25) is 0 Å². The van der Waals surface area contributed by atoms with E-state index in [1.165, 1.54) is 0 Å². The Labute approximate surface area is 149 Å². The standard InChI is InChI=1S/C17H24O6S2/c1-16(2)17(9-11-24(3,19)20,10-12-25(4,21)22)15(18)13-7-5-6-8-14(13)23-16/h5-8H,9-12H2,1-4H3. The number of sulfone groups is 2. The van der Waals surface area contributed by atoms with Gasteiger partial charge in [-0.3, -0.25) is 4.79 Å². The fourth-order valence-electron chi connectivity index (χ4n) is 3.32. The Kier molecular flexibility index (Phi) is 5.09. The minimum absolute atomic E-state index is 0.0154. The van der Waals surface area contributed by atoms with Gasteiger partial charge in [0.1, 0.15) is 31.0 Å². The lowest BCUT2D eigenvalue weighted by atomic mass is 9.63. The van der Waals surface area contributed by atoms with Gasteiger partial charge in [0.25, 0.3) is 0 Å². The van der Waals surface area contributed by atoms with Crippen LogP contribution in [-0.2, 0) is 19.7 Å². The van der Waals surface area contributed by atoms with Gasteiger partial charge in [0, 0.05) is 12.5 Å². The van der Waals surface area contributed by atoms with Crippen molar-refractivity contribution in [2.24, 2.45) is 5.41 Å². The molecule has 140 valence electrons. The minimum Gasteiger partial charge on any atom is -0.486 e. The van der Waals surface area contributed by atoms with Crippen LogP contribution in [0.15, 0.2) is 24.3 Å². The summed E-state index contributed by atoms with van der Waals surface area (Å²) in [7, 11) is -6.65. The molecule has 2 rings (SSSR count). The maximum Gasteiger partial charge on any atom is 0.176 e. The summed E-state index contributed by atoms with van der Waals surface area (Å²) >= 11 is 0. The van der Waals surface area contributed by atoms with Gasteiger partial charge < -0.3 is 4.74 Å². The van der Waals surface area contributed by atoms with Gasteiger partial charge in [-0.15, -0.1) is 0 Å². The van der Waals surface area contributed by atoms with E-state index >= 15 is 0 Å². The van der Waals surface area contributed by atoms with E-state index in [2.05, 4.69) is 0 Å². The van der Waals surface area contributed by atoms with Crippen LogP contribution in [0.1, 0.15) is 37.0 Å². The second-order valence-electron chi connectivity index (χ2n) is 7.28. The lowest BCUT2D eigenvalue weighted by molar-refractivity contribution is -0.0324. The van der Waals surface area contributed by atoms with Gasteiger partial charge in [0.2, 0.25) is 0 Å². The molecular formula is C17H24O6S2. The van der Waals surface area contributed by atoms with Gasteiger partial charge in [-0.05, 0) is 38.8 Å². The van der Waals surface area contributed by atoms with Crippen LogP contribution in [-0.4, -0.2) is 52.2 Å². The molecule has 0 radical (unpaired) electrons. The first-order valence-electron chi connectivity index (χ1n) is 7.96. The van der Waals surface area contributed by atoms with Gasteiger partial charge >= 0.3 is 0 Å². The molecule has 0 atom stereocenters. The summed E-state index contributed by atoms with van der Waals surface area (Å²) < 4.78 is 52.9. The molecular weight excluding hydrogens is 364 g/mol. The van der Waals surface area contributed by atoms with E-state index in [-0.39, 0.29) is 30.1 Å². The van der Waals surface area contributed by atoms with Crippen molar-refractivity contribution in [3.05, 3.63) is 29.8 Å². The van der Waals surface area contributed by atoms with Crippen molar-refractivity contribution in [2.45, 2.75) is 32.3 Å². The van der Waals surface area contributed by atoms with E-state index in [4.69, 9.17) is 4.74 Å². The van der Waals surface area contributed by atoms with Crippen molar-refractivity contribution in [3.8, 4) is 5.75 Å². The smallest absolute Gasteiger partial charge is 0.176 e. The predicted molar refractivity (Wildman–Crippen MR) is 96.6 cm³/mol. The van der Waals surface area contributed by atoms with E-state index < -0.39 is 30.7 Å². The molecule has 1 aromatic rings. The minimum atomic E-state index is -3.32. The third-order valence-corrected chi connectivity index (χ3v) is 6.77. The van der Waals surface area contributed by atoms with Gasteiger partial charge in [-0.2, -0.15) is 0 Å². The van der Waals surface area contributed by atoms with Crippen molar-refractivity contribution < 1.29 is 26.4 Å². The third-order valence-electron chi connectivity index (χ3n) is 4.88. The monoisotopic (exact) mass is 388 g/mol. The van der Waals surface area contributed by atoms with E-state index in [1.54, 1.807) is 38.1 Å². The summed E-state index contributed by atoms with van der Waals surface area (Å²) in [6.07, 6.45) is 2.24. The molecule has 25 heavy (non-hydrogen) atoms. The number of hydrogen-bond donors (Lipinski definition) is 0. The fourth-order valence-corrected chi connectivity index (χ4v) is 4.76. The van der Waals surface area contributed by atoms with Crippen molar-refractivity contribution in [1.82, 2.24) is 0 Å². The van der Waals surface area contributed by atoms with E-state index in [0.717, 1.165) is 12.5 Å². The summed E-state index contributed by atoms with van der Waals surface area (Å²) in [5.41, 5.74) is -1.90. The molecule has 0 aliphatic carbocycles. The van der Waals surface area contributed by atoms with Crippen molar-refractivity contribution in [3.63, 3.8) is 0 Å². The normalized spacial score (nSPS) is 19.1. The first-order valence-corrected chi connectivity index (χ1v) is 12.1. The average molecular weight is 389 g/mol. The maximum absolute atomic E-state index is 13.3. The highest BCUT2D eigenvalue weighted by molar-refractivity contribution is 7.90. The van der Waals surface area contributed by atoms with Crippen LogP contribution in [0, 0.1) is 5.41 Å². The molecule has 1 aliphatic rings. The Morgan fingerprint density at radius 2 is 1.40 bits per heavy atom. The number of benzene rings is 1. The van der Waals surface area contributed by atoms with Crippen LogP contribution in [0.3, 0.4) is 0 Å². The number of fused-ring (bicyclic) bond motifs is 1. The lowest BCUT2D eigenvalue weighted by Crippen LogP contribution is -2.57. The van der Waals surface area contributed by atoms with E-state index in [1.807, 2.05) is 0 Å². The van der Waals surface area contributed by atoms with Gasteiger partial charge in [-0.25, -0.2) is 16.8 Å². The Bertz CT molecular complexity index is 845. The molecule has 0 unspecified atom stereocenters. The second kappa shape index (κ2) is 6.39. The number of rotatable bonds is 6. The predicted octanol–water partition coefficient (Wildman–Crippen LogP) is 1.90. The number of hydrogen-bond acceptors (Lipinski definition) is 6. The zero-order chi connectivity index (χ0) is 19.1. The number of carbonyl (C=O) groups is 1. The highest BCUT2D eigenvalue weighted by atomic mass is 32.2. The summed E-state index contributed by atoms with van der Waals surface area (Å²) in [5, 5.41) is 0. The first kappa shape index (κ1) is 19.9. The molecule has 0 N–H and O–H groups in total. The van der Waals surface area contributed by atoms with E-state index in [9.17, 15) is 21.6 Å². The third kappa shape index (κ3) is 4.23. The largest absolute Gasteiger partial charge is 0.486 e. The molecule has 1 aromatic carbocycles. The van der Waals surface area contributed by atoms with Crippen molar-refractivity contribution in [2.75, 3.05) is 24.0 Å². The Balaban J connectivity index is 2.56. The highest BCUT2D eigenvalue weighted by Crippen LogP contribution is 2.49. The first-order chi connectivity index (χ1) is 11.3. The Hall–Kier alpha value is -1.41. The molecule has 8 heteroatoms. The maximum atomic E-state index is 13.3. The summed E-state index contributed by atoms with van der Waals surface area (Å²) in [6, 6.07) is 6.77. The lowest BCUT2D eigenvalue weighted by Gasteiger charge is -2.49. The van der Waals surface area contributed by atoms with Crippen LogP contribution < -0.4 is 4.74 Å². The molecule has 1 aliphatic heterocycles. The van der Waals surface area contributed by atoms with Crippen LogP contribution in [0.25, 0.3) is 0 Å². The molecule has 0 saturated carbocycles. The number of ketones is 1. The SMILES string of the molecule is CC1(C)Oc2ccccc2C(=O)C1(CCS(C)(=O)=O)CCS(C)(=O)=O. The van der Waals surface area contributed by atoms with Crippen LogP contribution >= 0.6 is 0 Å². The summed E-state index contributed by atoms with van der Waals surface area (Å²) in [5.74, 6) is -0.243. The van der Waals surface area contributed by atoms with Gasteiger partial charge in [-0.1, -0.05) is 12.1 Å².